The number of pyridine rings is 1. The van der Waals surface area contributed by atoms with Crippen molar-refractivity contribution in [2.24, 2.45) is 0 Å². The SMILES string of the molecule is COc1ccc2cc(CN(C(=S)NC[C@H]3CCCO3)C3CCCCC3)c(=O)[nH]c2c1. The first-order valence-electron chi connectivity index (χ1n) is 11.0. The van der Waals surface area contributed by atoms with Crippen molar-refractivity contribution in [1.82, 2.24) is 15.2 Å². The Morgan fingerprint density at radius 2 is 2.07 bits per heavy atom. The number of hydrogen-bond donors (Lipinski definition) is 2. The molecule has 2 aliphatic rings. The van der Waals surface area contributed by atoms with E-state index in [0.717, 1.165) is 66.2 Å². The summed E-state index contributed by atoms with van der Waals surface area (Å²) >= 11 is 5.79. The fraction of sp³-hybridized carbons (Fsp3) is 0.565. The Bertz CT molecular complexity index is 933. The maximum atomic E-state index is 12.8. The number of ether oxygens (including phenoxy) is 2. The number of benzene rings is 1. The first-order valence-corrected chi connectivity index (χ1v) is 11.4. The predicted molar refractivity (Wildman–Crippen MR) is 123 cm³/mol. The molecular formula is C23H31N3O3S. The number of fused-ring (bicyclic) bond motifs is 1. The molecule has 0 amide bonds. The third-order valence-electron chi connectivity index (χ3n) is 6.25. The molecule has 0 radical (unpaired) electrons. The molecule has 1 saturated heterocycles. The number of aromatic nitrogens is 1. The molecule has 1 aromatic heterocycles. The van der Waals surface area contributed by atoms with Crippen LogP contribution in [0.5, 0.6) is 5.75 Å². The van der Waals surface area contributed by atoms with E-state index >= 15 is 0 Å². The topological polar surface area (TPSA) is 66.6 Å². The largest absolute Gasteiger partial charge is 0.497 e. The van der Waals surface area contributed by atoms with E-state index in [2.05, 4.69) is 15.2 Å². The summed E-state index contributed by atoms with van der Waals surface area (Å²) in [5, 5.41) is 5.14. The van der Waals surface area contributed by atoms with Gasteiger partial charge in [0.2, 0.25) is 0 Å². The van der Waals surface area contributed by atoms with Crippen LogP contribution in [0, 0.1) is 0 Å². The molecule has 7 heteroatoms. The zero-order valence-corrected chi connectivity index (χ0v) is 18.4. The van der Waals surface area contributed by atoms with Crippen LogP contribution < -0.4 is 15.6 Å². The minimum atomic E-state index is -0.0708. The summed E-state index contributed by atoms with van der Waals surface area (Å²) in [6, 6.07) is 8.09. The number of thiocarbonyl (C=S) groups is 1. The van der Waals surface area contributed by atoms with Gasteiger partial charge in [0.05, 0.1) is 25.3 Å². The Kier molecular flexibility index (Phi) is 6.89. The first-order chi connectivity index (χ1) is 14.6. The Morgan fingerprint density at radius 1 is 1.23 bits per heavy atom. The van der Waals surface area contributed by atoms with Crippen molar-refractivity contribution in [2.75, 3.05) is 20.3 Å². The molecular weight excluding hydrogens is 398 g/mol. The van der Waals surface area contributed by atoms with Gasteiger partial charge in [-0.3, -0.25) is 4.79 Å². The third kappa shape index (κ3) is 4.95. The van der Waals surface area contributed by atoms with Crippen LogP contribution in [-0.4, -0.2) is 47.4 Å². The smallest absolute Gasteiger partial charge is 0.253 e. The van der Waals surface area contributed by atoms with E-state index in [0.29, 0.717) is 12.6 Å². The lowest BCUT2D eigenvalue weighted by atomic mass is 9.94. The number of H-pyrrole nitrogens is 1. The molecule has 1 aliphatic carbocycles. The molecule has 1 aliphatic heterocycles. The molecule has 0 spiro atoms. The predicted octanol–water partition coefficient (Wildman–Crippen LogP) is 3.72. The summed E-state index contributed by atoms with van der Waals surface area (Å²) in [6.07, 6.45) is 8.35. The van der Waals surface area contributed by atoms with E-state index in [4.69, 9.17) is 21.7 Å². The Balaban J connectivity index is 1.54. The molecule has 0 unspecified atom stereocenters. The number of rotatable bonds is 6. The van der Waals surface area contributed by atoms with E-state index in [-0.39, 0.29) is 11.7 Å². The zero-order valence-electron chi connectivity index (χ0n) is 17.6. The van der Waals surface area contributed by atoms with Gasteiger partial charge in [0.15, 0.2) is 5.11 Å². The summed E-state index contributed by atoms with van der Waals surface area (Å²) in [5.74, 6) is 0.731. The van der Waals surface area contributed by atoms with Crippen molar-refractivity contribution in [2.45, 2.75) is 63.6 Å². The maximum Gasteiger partial charge on any atom is 0.253 e. The lowest BCUT2D eigenvalue weighted by Gasteiger charge is -2.36. The molecule has 2 heterocycles. The number of methoxy groups -OCH3 is 1. The van der Waals surface area contributed by atoms with E-state index in [9.17, 15) is 4.79 Å². The molecule has 30 heavy (non-hydrogen) atoms. The number of nitrogens with zero attached hydrogens (tertiary/aromatic N) is 1. The van der Waals surface area contributed by atoms with E-state index in [1.807, 2.05) is 24.3 Å². The van der Waals surface area contributed by atoms with Crippen LogP contribution in [0.1, 0.15) is 50.5 Å². The van der Waals surface area contributed by atoms with Crippen LogP contribution in [0.4, 0.5) is 0 Å². The quantitative estimate of drug-likeness (QED) is 0.682. The third-order valence-corrected chi connectivity index (χ3v) is 6.63. The highest BCUT2D eigenvalue weighted by molar-refractivity contribution is 7.80. The first kappa shape index (κ1) is 21.1. The summed E-state index contributed by atoms with van der Waals surface area (Å²) < 4.78 is 11.0. The van der Waals surface area contributed by atoms with Gasteiger partial charge in [-0.15, -0.1) is 0 Å². The fourth-order valence-corrected chi connectivity index (χ4v) is 4.82. The molecule has 2 fully saturated rings. The second-order valence-corrected chi connectivity index (χ2v) is 8.70. The van der Waals surface area contributed by atoms with Crippen molar-refractivity contribution < 1.29 is 9.47 Å². The number of nitrogens with one attached hydrogen (secondary N) is 2. The second-order valence-electron chi connectivity index (χ2n) is 8.32. The molecule has 162 valence electrons. The fourth-order valence-electron chi connectivity index (χ4n) is 4.52. The molecule has 4 rings (SSSR count). The van der Waals surface area contributed by atoms with E-state index < -0.39 is 0 Å². The Hall–Kier alpha value is -2.12. The van der Waals surface area contributed by atoms with Crippen LogP contribution in [0.2, 0.25) is 0 Å². The summed E-state index contributed by atoms with van der Waals surface area (Å²) in [4.78, 5) is 18.1. The zero-order chi connectivity index (χ0) is 20.9. The summed E-state index contributed by atoms with van der Waals surface area (Å²) in [7, 11) is 1.63. The van der Waals surface area contributed by atoms with Gasteiger partial charge in [0.25, 0.3) is 5.56 Å². The van der Waals surface area contributed by atoms with Crippen molar-refractivity contribution >= 4 is 28.2 Å². The maximum absolute atomic E-state index is 12.8. The highest BCUT2D eigenvalue weighted by Crippen LogP contribution is 2.25. The van der Waals surface area contributed by atoms with Gasteiger partial charge < -0.3 is 24.7 Å². The van der Waals surface area contributed by atoms with Crippen LogP contribution in [0.15, 0.2) is 29.1 Å². The lowest BCUT2D eigenvalue weighted by molar-refractivity contribution is 0.112. The van der Waals surface area contributed by atoms with Gasteiger partial charge >= 0.3 is 0 Å². The van der Waals surface area contributed by atoms with Gasteiger partial charge in [-0.1, -0.05) is 19.3 Å². The van der Waals surface area contributed by atoms with Crippen molar-refractivity contribution in [1.29, 1.82) is 0 Å². The second kappa shape index (κ2) is 9.79. The van der Waals surface area contributed by atoms with E-state index in [1.54, 1.807) is 7.11 Å². The van der Waals surface area contributed by atoms with Crippen LogP contribution in [0.3, 0.4) is 0 Å². The van der Waals surface area contributed by atoms with Crippen molar-refractivity contribution in [3.63, 3.8) is 0 Å². The lowest BCUT2D eigenvalue weighted by Crippen LogP contribution is -2.48. The van der Waals surface area contributed by atoms with Gasteiger partial charge in [-0.05, 0) is 61.5 Å². The highest BCUT2D eigenvalue weighted by atomic mass is 32.1. The molecule has 1 aromatic carbocycles. The van der Waals surface area contributed by atoms with Crippen LogP contribution >= 0.6 is 12.2 Å². The van der Waals surface area contributed by atoms with Crippen LogP contribution in [-0.2, 0) is 11.3 Å². The molecule has 2 aromatic rings. The molecule has 0 bridgehead atoms. The van der Waals surface area contributed by atoms with Crippen molar-refractivity contribution in [3.8, 4) is 5.75 Å². The molecule has 1 atom stereocenters. The summed E-state index contributed by atoms with van der Waals surface area (Å²) in [6.45, 7) is 2.08. The van der Waals surface area contributed by atoms with Gasteiger partial charge in [-0.2, -0.15) is 0 Å². The Labute approximate surface area is 182 Å². The molecule has 1 saturated carbocycles. The molecule has 2 N–H and O–H groups in total. The minimum Gasteiger partial charge on any atom is -0.497 e. The summed E-state index contributed by atoms with van der Waals surface area (Å²) in [5.41, 5.74) is 1.45. The van der Waals surface area contributed by atoms with Gasteiger partial charge in [-0.25, -0.2) is 0 Å². The normalized spacial score (nSPS) is 19.7. The van der Waals surface area contributed by atoms with Crippen molar-refractivity contribution in [3.05, 3.63) is 40.2 Å². The average molecular weight is 430 g/mol. The standard InChI is InChI=1S/C23H31N3O3S/c1-28-19-10-9-16-12-17(22(27)25-21(16)13-19)15-26(18-6-3-2-4-7-18)23(30)24-14-20-8-5-11-29-20/h9-10,12-13,18,20H,2-8,11,14-15H2,1H3,(H,24,30)(H,25,27)/t20-/m1/s1. The van der Waals surface area contributed by atoms with E-state index in [1.165, 1.54) is 19.3 Å². The van der Waals surface area contributed by atoms with Gasteiger partial charge in [0.1, 0.15) is 5.75 Å². The van der Waals surface area contributed by atoms with Gasteiger partial charge in [0, 0.05) is 30.8 Å². The number of hydrogen-bond acceptors (Lipinski definition) is 4. The minimum absolute atomic E-state index is 0.0708. The Morgan fingerprint density at radius 3 is 2.80 bits per heavy atom. The number of aromatic amines is 1. The average Bonchev–Trinajstić information content (AvgIpc) is 3.30. The molecule has 6 nitrogen and oxygen atoms in total. The monoisotopic (exact) mass is 429 g/mol. The van der Waals surface area contributed by atoms with Crippen LogP contribution in [0.25, 0.3) is 10.9 Å². The highest BCUT2D eigenvalue weighted by Gasteiger charge is 2.25.